The average molecular weight is 313 g/mol. The summed E-state index contributed by atoms with van der Waals surface area (Å²) >= 11 is 5.07. The summed E-state index contributed by atoms with van der Waals surface area (Å²) in [6.45, 7) is 2.98. The SMILES string of the molecule is Cc1nc(COc2ccc(Br)c(CN)c2)cs1. The number of ether oxygens (including phenoxy) is 1. The van der Waals surface area contributed by atoms with Crippen LogP contribution in [0.15, 0.2) is 28.1 Å². The van der Waals surface area contributed by atoms with Gasteiger partial charge in [-0.15, -0.1) is 11.3 Å². The fourth-order valence-electron chi connectivity index (χ4n) is 1.43. The summed E-state index contributed by atoms with van der Waals surface area (Å²) in [4.78, 5) is 4.35. The molecule has 0 saturated heterocycles. The van der Waals surface area contributed by atoms with Crippen LogP contribution in [0.4, 0.5) is 0 Å². The monoisotopic (exact) mass is 312 g/mol. The summed E-state index contributed by atoms with van der Waals surface area (Å²) in [5.41, 5.74) is 7.64. The van der Waals surface area contributed by atoms with Crippen molar-refractivity contribution in [1.82, 2.24) is 4.98 Å². The number of aromatic nitrogens is 1. The Labute approximate surface area is 113 Å². The molecule has 5 heteroatoms. The maximum absolute atomic E-state index is 5.67. The molecule has 0 aliphatic rings. The number of aryl methyl sites for hydroxylation is 1. The molecule has 1 heterocycles. The maximum Gasteiger partial charge on any atom is 0.131 e. The van der Waals surface area contributed by atoms with E-state index in [4.69, 9.17) is 10.5 Å². The minimum atomic E-state index is 0.494. The van der Waals surface area contributed by atoms with Gasteiger partial charge >= 0.3 is 0 Å². The number of thiazole rings is 1. The Hall–Kier alpha value is -0.910. The maximum atomic E-state index is 5.67. The molecular formula is C12H13BrN2OS. The fraction of sp³-hybridized carbons (Fsp3) is 0.250. The summed E-state index contributed by atoms with van der Waals surface area (Å²) in [5, 5.41) is 3.07. The summed E-state index contributed by atoms with van der Waals surface area (Å²) in [5.74, 6) is 0.819. The Bertz CT molecular complexity index is 513. The van der Waals surface area contributed by atoms with Gasteiger partial charge in [0, 0.05) is 16.4 Å². The molecule has 0 saturated carbocycles. The van der Waals surface area contributed by atoms with Crippen molar-refractivity contribution in [3.63, 3.8) is 0 Å². The molecule has 0 spiro atoms. The van der Waals surface area contributed by atoms with Crippen molar-refractivity contribution in [3.05, 3.63) is 44.3 Å². The van der Waals surface area contributed by atoms with Crippen molar-refractivity contribution in [2.75, 3.05) is 0 Å². The van der Waals surface area contributed by atoms with Gasteiger partial charge in [-0.25, -0.2) is 4.98 Å². The predicted octanol–water partition coefficient (Wildman–Crippen LogP) is 3.25. The van der Waals surface area contributed by atoms with E-state index in [1.54, 1.807) is 11.3 Å². The third-order valence-electron chi connectivity index (χ3n) is 2.29. The minimum Gasteiger partial charge on any atom is -0.487 e. The van der Waals surface area contributed by atoms with Gasteiger partial charge in [0.15, 0.2) is 0 Å². The zero-order chi connectivity index (χ0) is 12.3. The van der Waals surface area contributed by atoms with Crippen LogP contribution in [0, 0.1) is 6.92 Å². The highest BCUT2D eigenvalue weighted by Crippen LogP contribution is 2.23. The third kappa shape index (κ3) is 3.28. The Kier molecular flexibility index (Phi) is 4.15. The van der Waals surface area contributed by atoms with Gasteiger partial charge in [-0.05, 0) is 30.7 Å². The van der Waals surface area contributed by atoms with Crippen molar-refractivity contribution in [3.8, 4) is 5.75 Å². The minimum absolute atomic E-state index is 0.494. The predicted molar refractivity (Wildman–Crippen MR) is 73.2 cm³/mol. The van der Waals surface area contributed by atoms with Crippen molar-refractivity contribution >= 4 is 27.3 Å². The van der Waals surface area contributed by atoms with Gasteiger partial charge in [-0.1, -0.05) is 15.9 Å². The molecule has 1 aromatic heterocycles. The second-order valence-corrected chi connectivity index (χ2v) is 5.52. The molecule has 90 valence electrons. The van der Waals surface area contributed by atoms with Gasteiger partial charge < -0.3 is 10.5 Å². The second kappa shape index (κ2) is 5.62. The molecule has 3 nitrogen and oxygen atoms in total. The van der Waals surface area contributed by atoms with Gasteiger partial charge in [0.25, 0.3) is 0 Å². The van der Waals surface area contributed by atoms with E-state index in [1.807, 2.05) is 30.5 Å². The number of hydrogen-bond donors (Lipinski definition) is 1. The van der Waals surface area contributed by atoms with Crippen molar-refractivity contribution in [1.29, 1.82) is 0 Å². The van der Waals surface area contributed by atoms with Gasteiger partial charge in [-0.2, -0.15) is 0 Å². The van der Waals surface area contributed by atoms with Crippen LogP contribution in [0.5, 0.6) is 5.75 Å². The first kappa shape index (κ1) is 12.5. The van der Waals surface area contributed by atoms with Crippen LogP contribution in [0.3, 0.4) is 0 Å². The molecule has 2 N–H and O–H groups in total. The van der Waals surface area contributed by atoms with Crippen LogP contribution < -0.4 is 10.5 Å². The van der Waals surface area contributed by atoms with Crippen LogP contribution in [-0.2, 0) is 13.2 Å². The molecule has 0 fully saturated rings. The lowest BCUT2D eigenvalue weighted by molar-refractivity contribution is 0.301. The van der Waals surface area contributed by atoms with Crippen LogP contribution in [0.2, 0.25) is 0 Å². The molecule has 0 radical (unpaired) electrons. The highest BCUT2D eigenvalue weighted by Gasteiger charge is 2.03. The van der Waals surface area contributed by atoms with Crippen LogP contribution in [-0.4, -0.2) is 4.98 Å². The molecule has 0 aliphatic carbocycles. The van der Waals surface area contributed by atoms with Gasteiger partial charge in [0.05, 0.1) is 10.7 Å². The summed E-state index contributed by atoms with van der Waals surface area (Å²) in [6, 6.07) is 5.82. The van der Waals surface area contributed by atoms with Gasteiger partial charge in [0.1, 0.15) is 12.4 Å². The number of hydrogen-bond acceptors (Lipinski definition) is 4. The molecule has 17 heavy (non-hydrogen) atoms. The van der Waals surface area contributed by atoms with Crippen LogP contribution in [0.1, 0.15) is 16.3 Å². The van der Waals surface area contributed by atoms with Crippen LogP contribution >= 0.6 is 27.3 Å². The van der Waals surface area contributed by atoms with E-state index in [2.05, 4.69) is 20.9 Å². The van der Waals surface area contributed by atoms with Crippen LogP contribution in [0.25, 0.3) is 0 Å². The zero-order valence-corrected chi connectivity index (χ0v) is 11.8. The van der Waals surface area contributed by atoms with E-state index < -0.39 is 0 Å². The molecular weight excluding hydrogens is 300 g/mol. The Morgan fingerprint density at radius 1 is 1.47 bits per heavy atom. The largest absolute Gasteiger partial charge is 0.487 e. The number of nitrogens with zero attached hydrogens (tertiary/aromatic N) is 1. The zero-order valence-electron chi connectivity index (χ0n) is 9.44. The molecule has 0 amide bonds. The van der Waals surface area contributed by atoms with E-state index in [0.717, 1.165) is 26.5 Å². The van der Waals surface area contributed by atoms with E-state index in [1.165, 1.54) is 0 Å². The van der Waals surface area contributed by atoms with E-state index in [9.17, 15) is 0 Å². The summed E-state index contributed by atoms with van der Waals surface area (Å²) in [7, 11) is 0. The van der Waals surface area contributed by atoms with E-state index >= 15 is 0 Å². The summed E-state index contributed by atoms with van der Waals surface area (Å²) in [6.07, 6.45) is 0. The van der Waals surface area contributed by atoms with Crippen molar-refractivity contribution in [2.45, 2.75) is 20.1 Å². The highest BCUT2D eigenvalue weighted by atomic mass is 79.9. The Morgan fingerprint density at radius 2 is 2.29 bits per heavy atom. The molecule has 1 aromatic carbocycles. The lowest BCUT2D eigenvalue weighted by atomic mass is 10.2. The molecule has 2 aromatic rings. The van der Waals surface area contributed by atoms with Crippen molar-refractivity contribution < 1.29 is 4.74 Å². The first-order chi connectivity index (χ1) is 8.19. The average Bonchev–Trinajstić information content (AvgIpc) is 2.74. The normalized spacial score (nSPS) is 10.5. The first-order valence-electron chi connectivity index (χ1n) is 5.21. The standard InChI is InChI=1S/C12H13BrN2OS/c1-8-15-10(7-17-8)6-16-11-2-3-12(13)9(4-11)5-14/h2-4,7H,5-6,14H2,1H3. The smallest absolute Gasteiger partial charge is 0.131 e. The first-order valence-corrected chi connectivity index (χ1v) is 6.88. The van der Waals surface area contributed by atoms with Gasteiger partial charge in [-0.3, -0.25) is 0 Å². The summed E-state index contributed by atoms with van der Waals surface area (Å²) < 4.78 is 6.68. The fourth-order valence-corrected chi connectivity index (χ4v) is 2.43. The lowest BCUT2D eigenvalue weighted by Crippen LogP contribution is -2.00. The number of benzene rings is 1. The van der Waals surface area contributed by atoms with E-state index in [-0.39, 0.29) is 0 Å². The number of nitrogens with two attached hydrogens (primary N) is 1. The van der Waals surface area contributed by atoms with E-state index in [0.29, 0.717) is 13.2 Å². The lowest BCUT2D eigenvalue weighted by Gasteiger charge is -2.07. The molecule has 2 rings (SSSR count). The number of halogens is 1. The second-order valence-electron chi connectivity index (χ2n) is 3.60. The molecule has 0 atom stereocenters. The van der Waals surface area contributed by atoms with Crippen molar-refractivity contribution in [2.24, 2.45) is 5.73 Å². The number of rotatable bonds is 4. The Morgan fingerprint density at radius 3 is 2.94 bits per heavy atom. The molecule has 0 aliphatic heterocycles. The highest BCUT2D eigenvalue weighted by molar-refractivity contribution is 9.10. The Balaban J connectivity index is 2.04. The molecule has 0 unspecified atom stereocenters. The topological polar surface area (TPSA) is 48.1 Å². The third-order valence-corrected chi connectivity index (χ3v) is 3.89. The molecule has 0 bridgehead atoms. The van der Waals surface area contributed by atoms with Gasteiger partial charge in [0.2, 0.25) is 0 Å². The quantitative estimate of drug-likeness (QED) is 0.942.